The Morgan fingerprint density at radius 3 is 2.36 bits per heavy atom. The van der Waals surface area contributed by atoms with Crippen LogP contribution >= 0.6 is 0 Å². The van der Waals surface area contributed by atoms with Gasteiger partial charge in [0.2, 0.25) is 0 Å². The van der Waals surface area contributed by atoms with Crippen molar-refractivity contribution in [1.82, 2.24) is 0 Å². The van der Waals surface area contributed by atoms with Gasteiger partial charge in [-0.3, -0.25) is 9.00 Å². The Balaban J connectivity index is 2.89. The maximum Gasteiger partial charge on any atom is 0.178 e. The van der Waals surface area contributed by atoms with Gasteiger partial charge in [-0.15, -0.1) is 0 Å². The van der Waals surface area contributed by atoms with Crippen molar-refractivity contribution < 1.29 is 9.00 Å². The van der Waals surface area contributed by atoms with Crippen molar-refractivity contribution in [3.63, 3.8) is 0 Å². The molecule has 0 aliphatic heterocycles. The zero-order valence-electron chi connectivity index (χ0n) is 8.40. The van der Waals surface area contributed by atoms with Crippen LogP contribution in [0, 0.1) is 0 Å². The third kappa shape index (κ3) is 2.51. The lowest BCUT2D eigenvalue weighted by Crippen LogP contribution is -2.24. The second kappa shape index (κ2) is 5.05. The van der Waals surface area contributed by atoms with Gasteiger partial charge in [0, 0.05) is 22.6 Å². The Bertz CT molecular complexity index is 332. The number of carbonyl (C=O) groups excluding carboxylic acids is 1. The summed E-state index contributed by atoms with van der Waals surface area (Å²) < 4.78 is 11.3. The van der Waals surface area contributed by atoms with Crippen LogP contribution in [0.25, 0.3) is 0 Å². The summed E-state index contributed by atoms with van der Waals surface area (Å²) in [7, 11) is -1.08. The van der Waals surface area contributed by atoms with Crippen LogP contribution in [0.1, 0.15) is 23.7 Å². The first-order valence-electron chi connectivity index (χ1n) is 4.58. The van der Waals surface area contributed by atoms with E-state index in [4.69, 9.17) is 0 Å². The molecule has 0 aliphatic rings. The molecule has 1 aromatic carbocycles. The largest absolute Gasteiger partial charge is 0.293 e. The Morgan fingerprint density at radius 2 is 1.93 bits per heavy atom. The van der Waals surface area contributed by atoms with Gasteiger partial charge in [-0.25, -0.2) is 0 Å². The highest BCUT2D eigenvalue weighted by Gasteiger charge is 2.21. The molecule has 0 spiro atoms. The first kappa shape index (κ1) is 11.1. The Kier molecular flexibility index (Phi) is 4.01. The third-order valence-electron chi connectivity index (χ3n) is 2.12. The van der Waals surface area contributed by atoms with Crippen LogP contribution in [0.4, 0.5) is 0 Å². The summed E-state index contributed by atoms with van der Waals surface area (Å²) in [4.78, 5) is 11.8. The van der Waals surface area contributed by atoms with Gasteiger partial charge in [-0.05, 0) is 6.42 Å². The molecule has 2 nitrogen and oxygen atoms in total. The molecule has 1 rings (SSSR count). The summed E-state index contributed by atoms with van der Waals surface area (Å²) >= 11 is 0. The average molecular weight is 210 g/mol. The summed E-state index contributed by atoms with van der Waals surface area (Å²) in [6.45, 7) is 1.88. The quantitative estimate of drug-likeness (QED) is 0.712. The lowest BCUT2D eigenvalue weighted by molar-refractivity contribution is 0.0987. The SMILES string of the molecule is CCC(C(=O)c1ccccc1)S(C)=O. The van der Waals surface area contributed by atoms with Gasteiger partial charge in [-0.1, -0.05) is 37.3 Å². The molecule has 3 heteroatoms. The van der Waals surface area contributed by atoms with Crippen LogP contribution in [0.2, 0.25) is 0 Å². The summed E-state index contributed by atoms with van der Waals surface area (Å²) in [6.07, 6.45) is 2.20. The van der Waals surface area contributed by atoms with Crippen molar-refractivity contribution in [1.29, 1.82) is 0 Å². The molecule has 0 amide bonds. The first-order valence-corrected chi connectivity index (χ1v) is 6.20. The van der Waals surface area contributed by atoms with E-state index >= 15 is 0 Å². The maximum absolute atomic E-state index is 11.8. The number of Topliss-reactive ketones (excluding diaryl/α,β-unsaturated/α-hetero) is 1. The molecule has 0 saturated heterocycles. The fourth-order valence-corrected chi connectivity index (χ4v) is 2.27. The van der Waals surface area contributed by atoms with E-state index in [1.807, 2.05) is 25.1 Å². The van der Waals surface area contributed by atoms with Crippen LogP contribution < -0.4 is 0 Å². The van der Waals surface area contributed by atoms with E-state index in [1.165, 1.54) is 0 Å². The van der Waals surface area contributed by atoms with E-state index in [1.54, 1.807) is 18.4 Å². The highest BCUT2D eigenvalue weighted by molar-refractivity contribution is 7.85. The number of benzene rings is 1. The van der Waals surface area contributed by atoms with Crippen LogP contribution in [0.5, 0.6) is 0 Å². The summed E-state index contributed by atoms with van der Waals surface area (Å²) in [6, 6.07) is 9.02. The molecule has 0 radical (unpaired) electrons. The summed E-state index contributed by atoms with van der Waals surface area (Å²) in [5.74, 6) is -0.0195. The lowest BCUT2D eigenvalue weighted by Gasteiger charge is -2.09. The fraction of sp³-hybridized carbons (Fsp3) is 0.364. The molecule has 0 saturated carbocycles. The smallest absolute Gasteiger partial charge is 0.178 e. The fourth-order valence-electron chi connectivity index (χ4n) is 1.36. The third-order valence-corrected chi connectivity index (χ3v) is 3.47. The van der Waals surface area contributed by atoms with E-state index < -0.39 is 10.8 Å². The topological polar surface area (TPSA) is 34.1 Å². The highest BCUT2D eigenvalue weighted by Crippen LogP contribution is 2.10. The normalized spacial score (nSPS) is 14.7. The van der Waals surface area contributed by atoms with Crippen molar-refractivity contribution in [2.45, 2.75) is 18.6 Å². The summed E-state index contributed by atoms with van der Waals surface area (Å²) in [5, 5.41) is -0.364. The average Bonchev–Trinajstić information content (AvgIpc) is 2.19. The molecular weight excluding hydrogens is 196 g/mol. The minimum absolute atomic E-state index is 0.0195. The molecule has 0 aromatic heterocycles. The number of ketones is 1. The number of carbonyl (C=O) groups is 1. The highest BCUT2D eigenvalue weighted by atomic mass is 32.2. The van der Waals surface area contributed by atoms with E-state index in [0.717, 1.165) is 0 Å². The molecule has 0 N–H and O–H groups in total. The van der Waals surface area contributed by atoms with Gasteiger partial charge >= 0.3 is 0 Å². The second-order valence-electron chi connectivity index (χ2n) is 3.13. The molecule has 0 aliphatic carbocycles. The molecule has 14 heavy (non-hydrogen) atoms. The lowest BCUT2D eigenvalue weighted by atomic mass is 10.1. The second-order valence-corrected chi connectivity index (χ2v) is 4.69. The minimum atomic E-state index is -1.08. The van der Waals surface area contributed by atoms with Crippen LogP contribution in [-0.2, 0) is 10.8 Å². The Morgan fingerprint density at radius 1 is 1.36 bits per heavy atom. The Labute approximate surface area is 86.8 Å². The first-order chi connectivity index (χ1) is 6.66. The predicted octanol–water partition coefficient (Wildman–Crippen LogP) is 2.03. The van der Waals surface area contributed by atoms with Crippen LogP contribution in [-0.4, -0.2) is 21.5 Å². The monoisotopic (exact) mass is 210 g/mol. The zero-order chi connectivity index (χ0) is 10.6. The molecule has 76 valence electrons. The standard InChI is InChI=1S/C11H14O2S/c1-3-10(14(2)13)11(12)9-7-5-4-6-8-9/h4-8,10H,3H2,1-2H3. The van der Waals surface area contributed by atoms with E-state index in [2.05, 4.69) is 0 Å². The number of hydrogen-bond acceptors (Lipinski definition) is 2. The van der Waals surface area contributed by atoms with E-state index in [0.29, 0.717) is 12.0 Å². The zero-order valence-corrected chi connectivity index (χ0v) is 9.21. The van der Waals surface area contributed by atoms with Crippen molar-refractivity contribution in [3.8, 4) is 0 Å². The molecule has 2 unspecified atom stereocenters. The molecule has 2 atom stereocenters. The summed E-state index contributed by atoms with van der Waals surface area (Å²) in [5.41, 5.74) is 0.648. The van der Waals surface area contributed by atoms with Crippen molar-refractivity contribution >= 4 is 16.6 Å². The van der Waals surface area contributed by atoms with Crippen molar-refractivity contribution in [3.05, 3.63) is 35.9 Å². The van der Waals surface area contributed by atoms with Gasteiger partial charge in [0.25, 0.3) is 0 Å². The van der Waals surface area contributed by atoms with Crippen LogP contribution in [0.15, 0.2) is 30.3 Å². The molecule has 0 bridgehead atoms. The predicted molar refractivity (Wildman–Crippen MR) is 58.9 cm³/mol. The van der Waals surface area contributed by atoms with E-state index in [-0.39, 0.29) is 11.0 Å². The van der Waals surface area contributed by atoms with E-state index in [9.17, 15) is 9.00 Å². The van der Waals surface area contributed by atoms with Crippen molar-refractivity contribution in [2.24, 2.45) is 0 Å². The van der Waals surface area contributed by atoms with Crippen LogP contribution in [0.3, 0.4) is 0 Å². The number of rotatable bonds is 4. The molecule has 0 heterocycles. The Hall–Kier alpha value is -0.960. The minimum Gasteiger partial charge on any atom is -0.293 e. The van der Waals surface area contributed by atoms with Crippen molar-refractivity contribution in [2.75, 3.05) is 6.26 Å². The maximum atomic E-state index is 11.8. The molecule has 1 aromatic rings. The van der Waals surface area contributed by atoms with Gasteiger partial charge in [-0.2, -0.15) is 0 Å². The number of hydrogen-bond donors (Lipinski definition) is 0. The molecule has 0 fully saturated rings. The van der Waals surface area contributed by atoms with Gasteiger partial charge < -0.3 is 0 Å². The van der Waals surface area contributed by atoms with Gasteiger partial charge in [0.15, 0.2) is 5.78 Å². The molecular formula is C11H14O2S. The van der Waals surface area contributed by atoms with Gasteiger partial charge in [0.1, 0.15) is 0 Å². The van der Waals surface area contributed by atoms with Gasteiger partial charge in [0.05, 0.1) is 5.25 Å².